The van der Waals surface area contributed by atoms with Crippen molar-refractivity contribution < 1.29 is 4.79 Å². The third kappa shape index (κ3) is 3.71. The van der Waals surface area contributed by atoms with Gasteiger partial charge in [-0.05, 0) is 30.7 Å². The molecule has 1 aromatic carbocycles. The number of carbonyl (C=O) groups is 1. The number of amides is 1. The van der Waals surface area contributed by atoms with E-state index >= 15 is 0 Å². The molecular formula is C18H17ClN2OS. The van der Waals surface area contributed by atoms with Gasteiger partial charge in [-0.1, -0.05) is 35.9 Å². The van der Waals surface area contributed by atoms with Gasteiger partial charge in [-0.2, -0.15) is 0 Å². The third-order valence-electron chi connectivity index (χ3n) is 3.77. The Morgan fingerprint density at radius 3 is 2.78 bits per heavy atom. The molecule has 118 valence electrons. The van der Waals surface area contributed by atoms with Crippen LogP contribution in [0.2, 0.25) is 4.34 Å². The number of likely N-dealkylation sites (N-methyl/N-ethyl adjacent to an activating group) is 1. The maximum Gasteiger partial charge on any atom is 0.227 e. The molecule has 0 saturated heterocycles. The molecule has 0 spiro atoms. The molecule has 3 aromatic rings. The average Bonchev–Trinajstić information content (AvgIpc) is 2.98. The van der Waals surface area contributed by atoms with Crippen molar-refractivity contribution in [1.82, 2.24) is 9.88 Å². The van der Waals surface area contributed by atoms with E-state index in [1.807, 2.05) is 54.3 Å². The van der Waals surface area contributed by atoms with Crippen LogP contribution in [0, 0.1) is 0 Å². The number of rotatable bonds is 5. The molecule has 2 heterocycles. The SMILES string of the molecule is CCN(Cc1ccc(Cl)s1)C(=O)Cc1cccc2cccnc12. The molecule has 5 heteroatoms. The van der Waals surface area contributed by atoms with Gasteiger partial charge in [0, 0.05) is 23.0 Å². The van der Waals surface area contributed by atoms with Crippen molar-refractivity contribution in [3.8, 4) is 0 Å². The molecule has 3 rings (SSSR count). The third-order valence-corrected chi connectivity index (χ3v) is 4.98. The number of para-hydroxylation sites is 1. The second-order valence-electron chi connectivity index (χ2n) is 5.28. The molecule has 0 radical (unpaired) electrons. The summed E-state index contributed by atoms with van der Waals surface area (Å²) in [6.07, 6.45) is 2.13. The minimum absolute atomic E-state index is 0.107. The zero-order chi connectivity index (χ0) is 16.2. The summed E-state index contributed by atoms with van der Waals surface area (Å²) in [7, 11) is 0. The summed E-state index contributed by atoms with van der Waals surface area (Å²) in [6.45, 7) is 3.27. The minimum atomic E-state index is 0.107. The molecule has 0 aliphatic rings. The van der Waals surface area contributed by atoms with Crippen LogP contribution in [0.3, 0.4) is 0 Å². The first kappa shape index (κ1) is 16.0. The number of hydrogen-bond donors (Lipinski definition) is 0. The Morgan fingerprint density at radius 1 is 1.22 bits per heavy atom. The largest absolute Gasteiger partial charge is 0.338 e. The molecule has 0 aliphatic carbocycles. The van der Waals surface area contributed by atoms with Crippen molar-refractivity contribution in [1.29, 1.82) is 0 Å². The van der Waals surface area contributed by atoms with Gasteiger partial charge in [-0.15, -0.1) is 11.3 Å². The van der Waals surface area contributed by atoms with Gasteiger partial charge >= 0.3 is 0 Å². The van der Waals surface area contributed by atoms with Gasteiger partial charge in [0.15, 0.2) is 0 Å². The maximum absolute atomic E-state index is 12.7. The molecule has 0 unspecified atom stereocenters. The number of benzene rings is 1. The second-order valence-corrected chi connectivity index (χ2v) is 7.08. The van der Waals surface area contributed by atoms with Crippen LogP contribution < -0.4 is 0 Å². The van der Waals surface area contributed by atoms with Gasteiger partial charge in [-0.25, -0.2) is 0 Å². The monoisotopic (exact) mass is 344 g/mol. The van der Waals surface area contributed by atoms with Gasteiger partial charge < -0.3 is 4.90 Å². The lowest BCUT2D eigenvalue weighted by Crippen LogP contribution is -2.31. The summed E-state index contributed by atoms with van der Waals surface area (Å²) >= 11 is 7.49. The fraction of sp³-hybridized carbons (Fsp3) is 0.222. The van der Waals surface area contributed by atoms with E-state index in [1.54, 1.807) is 6.20 Å². The fourth-order valence-corrected chi connectivity index (χ4v) is 3.69. The molecule has 2 aromatic heterocycles. The molecule has 0 aliphatic heterocycles. The van der Waals surface area contributed by atoms with E-state index in [2.05, 4.69) is 4.98 Å². The van der Waals surface area contributed by atoms with Crippen molar-refractivity contribution in [3.63, 3.8) is 0 Å². The number of pyridine rings is 1. The highest BCUT2D eigenvalue weighted by Crippen LogP contribution is 2.23. The van der Waals surface area contributed by atoms with E-state index in [9.17, 15) is 4.79 Å². The highest BCUT2D eigenvalue weighted by Gasteiger charge is 2.15. The van der Waals surface area contributed by atoms with E-state index in [4.69, 9.17) is 11.6 Å². The van der Waals surface area contributed by atoms with Crippen molar-refractivity contribution in [3.05, 3.63) is 63.4 Å². The first-order valence-corrected chi connectivity index (χ1v) is 8.71. The predicted molar refractivity (Wildman–Crippen MR) is 95.9 cm³/mol. The lowest BCUT2D eigenvalue weighted by atomic mass is 10.1. The van der Waals surface area contributed by atoms with Crippen LogP contribution in [-0.2, 0) is 17.8 Å². The standard InChI is InChI=1S/C18H17ClN2OS/c1-2-21(12-15-8-9-16(19)23-15)17(22)11-14-6-3-5-13-7-4-10-20-18(13)14/h3-10H,2,11-12H2,1H3. The van der Waals surface area contributed by atoms with E-state index in [-0.39, 0.29) is 5.91 Å². The average molecular weight is 345 g/mol. The lowest BCUT2D eigenvalue weighted by Gasteiger charge is -2.20. The van der Waals surface area contributed by atoms with Gasteiger partial charge in [0.05, 0.1) is 22.8 Å². The number of nitrogens with zero attached hydrogens (tertiary/aromatic N) is 2. The Labute approximate surface area is 144 Å². The first-order valence-electron chi connectivity index (χ1n) is 7.52. The smallest absolute Gasteiger partial charge is 0.227 e. The van der Waals surface area contributed by atoms with Crippen LogP contribution in [0.4, 0.5) is 0 Å². The summed E-state index contributed by atoms with van der Waals surface area (Å²) in [5.41, 5.74) is 1.87. The second kappa shape index (κ2) is 7.11. The van der Waals surface area contributed by atoms with Crippen LogP contribution in [0.5, 0.6) is 0 Å². The quantitative estimate of drug-likeness (QED) is 0.680. The molecule has 3 nitrogen and oxygen atoms in total. The first-order chi connectivity index (χ1) is 11.2. The van der Waals surface area contributed by atoms with Crippen LogP contribution in [0.15, 0.2) is 48.7 Å². The van der Waals surface area contributed by atoms with E-state index in [0.717, 1.165) is 25.7 Å². The van der Waals surface area contributed by atoms with Gasteiger partial charge in [0.1, 0.15) is 0 Å². The van der Waals surface area contributed by atoms with Crippen molar-refractivity contribution in [2.75, 3.05) is 6.54 Å². The van der Waals surface area contributed by atoms with E-state index in [0.29, 0.717) is 19.5 Å². The van der Waals surface area contributed by atoms with Crippen molar-refractivity contribution in [2.45, 2.75) is 19.9 Å². The summed E-state index contributed by atoms with van der Waals surface area (Å²) in [4.78, 5) is 20.0. The van der Waals surface area contributed by atoms with Gasteiger partial charge in [0.2, 0.25) is 5.91 Å². The number of hydrogen-bond acceptors (Lipinski definition) is 3. The zero-order valence-electron chi connectivity index (χ0n) is 12.8. The normalized spacial score (nSPS) is 10.9. The summed E-state index contributed by atoms with van der Waals surface area (Å²) in [5, 5.41) is 1.06. The summed E-state index contributed by atoms with van der Waals surface area (Å²) in [5.74, 6) is 0.107. The Hall–Kier alpha value is -1.91. The van der Waals surface area contributed by atoms with Gasteiger partial charge in [0.25, 0.3) is 0 Å². The number of fused-ring (bicyclic) bond motifs is 1. The number of aromatic nitrogens is 1. The topological polar surface area (TPSA) is 33.2 Å². The Morgan fingerprint density at radius 2 is 2.04 bits per heavy atom. The van der Waals surface area contributed by atoms with E-state index < -0.39 is 0 Å². The minimum Gasteiger partial charge on any atom is -0.338 e. The summed E-state index contributed by atoms with van der Waals surface area (Å²) < 4.78 is 0.752. The molecular weight excluding hydrogens is 328 g/mol. The van der Waals surface area contributed by atoms with Crippen LogP contribution in [-0.4, -0.2) is 22.3 Å². The Balaban J connectivity index is 1.78. The molecule has 0 saturated carbocycles. The molecule has 0 fully saturated rings. The maximum atomic E-state index is 12.7. The molecule has 0 N–H and O–H groups in total. The Bertz CT molecular complexity index is 825. The van der Waals surface area contributed by atoms with Gasteiger partial charge in [-0.3, -0.25) is 9.78 Å². The summed E-state index contributed by atoms with van der Waals surface area (Å²) in [6, 6.07) is 13.7. The number of thiophene rings is 1. The predicted octanol–water partition coefficient (Wildman–Crippen LogP) is 4.54. The van der Waals surface area contributed by atoms with Crippen LogP contribution >= 0.6 is 22.9 Å². The highest BCUT2D eigenvalue weighted by molar-refractivity contribution is 7.16. The number of halogens is 1. The molecule has 1 amide bonds. The van der Waals surface area contributed by atoms with Crippen LogP contribution in [0.1, 0.15) is 17.4 Å². The lowest BCUT2D eigenvalue weighted by molar-refractivity contribution is -0.130. The molecule has 0 bridgehead atoms. The molecule has 0 atom stereocenters. The van der Waals surface area contributed by atoms with Crippen molar-refractivity contribution >= 4 is 39.7 Å². The van der Waals surface area contributed by atoms with E-state index in [1.165, 1.54) is 11.3 Å². The zero-order valence-corrected chi connectivity index (χ0v) is 14.4. The Kier molecular flexibility index (Phi) is 4.94. The number of carbonyl (C=O) groups excluding carboxylic acids is 1. The van der Waals surface area contributed by atoms with Crippen molar-refractivity contribution in [2.24, 2.45) is 0 Å². The highest BCUT2D eigenvalue weighted by atomic mass is 35.5. The van der Waals surface area contributed by atoms with Crippen LogP contribution in [0.25, 0.3) is 10.9 Å². The molecule has 23 heavy (non-hydrogen) atoms. The fourth-order valence-electron chi connectivity index (χ4n) is 2.59.